The second kappa shape index (κ2) is 8.91. The van der Waals surface area contributed by atoms with Gasteiger partial charge in [-0.3, -0.25) is 9.36 Å². The minimum absolute atomic E-state index is 0.121. The molecule has 0 bridgehead atoms. The number of nitrogens with one attached hydrogen (secondary N) is 1. The summed E-state index contributed by atoms with van der Waals surface area (Å²) in [5, 5.41) is 3.07. The standard InChI is InChI=1S/C23H24N4O4/c1-26-15-13-24-22(26)21(16-9-11-17(30-2)12-10-16)25-20(28)8-5-14-27-18-6-3-4-7-19(18)31-23(27)29/h3-4,6-7,9-13,15,21H,5,8,14H2,1-2H3,(H,25,28)/t21-/m0/s1. The lowest BCUT2D eigenvalue weighted by Crippen LogP contribution is -2.31. The quantitative estimate of drug-likeness (QED) is 0.473. The molecule has 0 aliphatic heterocycles. The molecule has 4 rings (SSSR count). The summed E-state index contributed by atoms with van der Waals surface area (Å²) in [7, 11) is 3.50. The molecule has 1 amide bonds. The molecule has 0 aliphatic carbocycles. The van der Waals surface area contributed by atoms with Gasteiger partial charge in [0.2, 0.25) is 5.91 Å². The van der Waals surface area contributed by atoms with Crippen LogP contribution in [0.4, 0.5) is 0 Å². The van der Waals surface area contributed by atoms with Gasteiger partial charge in [0, 0.05) is 32.4 Å². The number of hydrogen-bond acceptors (Lipinski definition) is 5. The number of amides is 1. The summed E-state index contributed by atoms with van der Waals surface area (Å²) in [5.41, 5.74) is 2.18. The van der Waals surface area contributed by atoms with Crippen LogP contribution >= 0.6 is 0 Å². The van der Waals surface area contributed by atoms with Gasteiger partial charge in [-0.05, 0) is 36.2 Å². The molecule has 0 unspecified atom stereocenters. The van der Waals surface area contributed by atoms with Crippen LogP contribution in [0.5, 0.6) is 5.75 Å². The van der Waals surface area contributed by atoms with Crippen LogP contribution in [0.15, 0.2) is 70.1 Å². The van der Waals surface area contributed by atoms with E-state index >= 15 is 0 Å². The molecule has 2 heterocycles. The Kier molecular flexibility index (Phi) is 5.88. The average Bonchev–Trinajstić information content (AvgIpc) is 3.34. The molecule has 160 valence electrons. The number of imidazole rings is 1. The Morgan fingerprint density at radius 3 is 2.68 bits per heavy atom. The highest BCUT2D eigenvalue weighted by Crippen LogP contribution is 2.23. The van der Waals surface area contributed by atoms with Gasteiger partial charge in [0.15, 0.2) is 5.58 Å². The van der Waals surface area contributed by atoms with Crippen molar-refractivity contribution in [2.75, 3.05) is 7.11 Å². The van der Waals surface area contributed by atoms with Crippen molar-refractivity contribution in [2.45, 2.75) is 25.4 Å². The molecule has 0 saturated heterocycles. The Morgan fingerprint density at radius 2 is 1.97 bits per heavy atom. The summed E-state index contributed by atoms with van der Waals surface area (Å²) < 4.78 is 13.9. The summed E-state index contributed by atoms with van der Waals surface area (Å²) in [5.74, 6) is 0.942. The van der Waals surface area contributed by atoms with Gasteiger partial charge in [-0.2, -0.15) is 0 Å². The van der Waals surface area contributed by atoms with E-state index < -0.39 is 11.8 Å². The molecule has 0 aliphatic rings. The number of carbonyl (C=O) groups is 1. The number of methoxy groups -OCH3 is 1. The van der Waals surface area contributed by atoms with Gasteiger partial charge in [-0.1, -0.05) is 24.3 Å². The van der Waals surface area contributed by atoms with Crippen LogP contribution in [0.25, 0.3) is 11.1 Å². The number of fused-ring (bicyclic) bond motifs is 1. The zero-order chi connectivity index (χ0) is 21.8. The van der Waals surface area contributed by atoms with E-state index in [9.17, 15) is 9.59 Å². The number of nitrogens with zero attached hydrogens (tertiary/aromatic N) is 3. The molecule has 0 spiro atoms. The van der Waals surface area contributed by atoms with Crippen molar-refractivity contribution in [1.82, 2.24) is 19.4 Å². The van der Waals surface area contributed by atoms with E-state index in [-0.39, 0.29) is 12.3 Å². The van der Waals surface area contributed by atoms with E-state index in [1.165, 1.54) is 0 Å². The Morgan fingerprint density at radius 1 is 1.19 bits per heavy atom. The molecular formula is C23H24N4O4. The van der Waals surface area contributed by atoms with Crippen LogP contribution in [0.3, 0.4) is 0 Å². The number of carbonyl (C=O) groups excluding carboxylic acids is 1. The summed E-state index contributed by atoms with van der Waals surface area (Å²) in [6.07, 6.45) is 4.32. The lowest BCUT2D eigenvalue weighted by atomic mass is 10.1. The smallest absolute Gasteiger partial charge is 0.419 e. The maximum Gasteiger partial charge on any atom is 0.419 e. The molecule has 0 radical (unpaired) electrons. The summed E-state index contributed by atoms with van der Waals surface area (Å²) >= 11 is 0. The monoisotopic (exact) mass is 420 g/mol. The molecule has 0 fully saturated rings. The Hall–Kier alpha value is -3.81. The first-order chi connectivity index (χ1) is 15.1. The minimum Gasteiger partial charge on any atom is -0.497 e. The number of para-hydroxylation sites is 2. The molecule has 8 heteroatoms. The van der Waals surface area contributed by atoms with Crippen molar-refractivity contribution >= 4 is 17.0 Å². The third kappa shape index (κ3) is 4.37. The molecule has 1 N–H and O–H groups in total. The third-order valence-electron chi connectivity index (χ3n) is 5.23. The highest BCUT2D eigenvalue weighted by molar-refractivity contribution is 5.77. The van der Waals surface area contributed by atoms with Gasteiger partial charge in [0.05, 0.1) is 12.6 Å². The highest BCUT2D eigenvalue weighted by Gasteiger charge is 2.21. The van der Waals surface area contributed by atoms with Crippen molar-refractivity contribution < 1.29 is 13.9 Å². The minimum atomic E-state index is -0.411. The van der Waals surface area contributed by atoms with Crippen molar-refractivity contribution in [1.29, 1.82) is 0 Å². The van der Waals surface area contributed by atoms with Crippen LogP contribution in [-0.4, -0.2) is 27.1 Å². The molecule has 4 aromatic rings. The number of aromatic nitrogens is 3. The predicted octanol–water partition coefficient (Wildman–Crippen LogP) is 3.02. The van der Waals surface area contributed by atoms with Gasteiger partial charge in [0.1, 0.15) is 17.6 Å². The summed E-state index contributed by atoms with van der Waals surface area (Å²) in [6.45, 7) is 0.402. The second-order valence-electron chi connectivity index (χ2n) is 7.26. The molecule has 31 heavy (non-hydrogen) atoms. The maximum absolute atomic E-state index is 12.7. The van der Waals surface area contributed by atoms with E-state index in [1.807, 2.05) is 60.3 Å². The van der Waals surface area contributed by atoms with Gasteiger partial charge in [-0.15, -0.1) is 0 Å². The van der Waals surface area contributed by atoms with E-state index in [2.05, 4.69) is 10.3 Å². The molecule has 1 atom stereocenters. The number of hydrogen-bond donors (Lipinski definition) is 1. The van der Waals surface area contributed by atoms with E-state index in [4.69, 9.17) is 9.15 Å². The normalized spacial score (nSPS) is 12.1. The van der Waals surface area contributed by atoms with E-state index in [0.29, 0.717) is 18.5 Å². The second-order valence-corrected chi connectivity index (χ2v) is 7.26. The average molecular weight is 420 g/mol. The fourth-order valence-corrected chi connectivity index (χ4v) is 3.61. The molecular weight excluding hydrogens is 396 g/mol. The lowest BCUT2D eigenvalue weighted by molar-refractivity contribution is -0.121. The fraction of sp³-hybridized carbons (Fsp3) is 0.261. The number of oxazole rings is 1. The fourth-order valence-electron chi connectivity index (χ4n) is 3.61. The summed E-state index contributed by atoms with van der Waals surface area (Å²) in [4.78, 5) is 29.3. The van der Waals surface area contributed by atoms with Crippen molar-refractivity contribution in [3.05, 3.63) is 82.9 Å². The van der Waals surface area contributed by atoms with Crippen LogP contribution in [0.2, 0.25) is 0 Å². The van der Waals surface area contributed by atoms with Gasteiger partial charge in [0.25, 0.3) is 0 Å². The van der Waals surface area contributed by atoms with Crippen molar-refractivity contribution in [3.8, 4) is 5.75 Å². The van der Waals surface area contributed by atoms with Crippen LogP contribution in [-0.2, 0) is 18.4 Å². The highest BCUT2D eigenvalue weighted by atomic mass is 16.5. The van der Waals surface area contributed by atoms with Crippen LogP contribution < -0.4 is 15.8 Å². The predicted molar refractivity (Wildman–Crippen MR) is 116 cm³/mol. The molecule has 2 aromatic carbocycles. The van der Waals surface area contributed by atoms with Gasteiger partial charge < -0.3 is 19.0 Å². The van der Waals surface area contributed by atoms with Crippen LogP contribution in [0.1, 0.15) is 30.3 Å². The zero-order valence-corrected chi connectivity index (χ0v) is 17.4. The lowest BCUT2D eigenvalue weighted by Gasteiger charge is -2.19. The topological polar surface area (TPSA) is 91.3 Å². The van der Waals surface area contributed by atoms with Gasteiger partial charge in [-0.25, -0.2) is 9.78 Å². The zero-order valence-electron chi connectivity index (χ0n) is 17.4. The number of aryl methyl sites for hydroxylation is 2. The molecule has 2 aromatic heterocycles. The summed E-state index contributed by atoms with van der Waals surface area (Å²) in [6, 6.07) is 14.4. The first-order valence-electron chi connectivity index (χ1n) is 10.1. The SMILES string of the molecule is COc1ccc([C@H](NC(=O)CCCn2c(=O)oc3ccccc32)c2nccn2C)cc1. The Bertz CT molecular complexity index is 1240. The van der Waals surface area contributed by atoms with E-state index in [1.54, 1.807) is 23.9 Å². The van der Waals surface area contributed by atoms with Crippen molar-refractivity contribution in [2.24, 2.45) is 7.05 Å². The maximum atomic E-state index is 12.7. The molecule has 0 saturated carbocycles. The number of benzene rings is 2. The Labute approximate surface area is 179 Å². The number of ether oxygens (including phenoxy) is 1. The van der Waals surface area contributed by atoms with Crippen LogP contribution in [0, 0.1) is 0 Å². The largest absolute Gasteiger partial charge is 0.497 e. The van der Waals surface area contributed by atoms with E-state index in [0.717, 1.165) is 22.7 Å². The van der Waals surface area contributed by atoms with Gasteiger partial charge >= 0.3 is 5.76 Å². The first-order valence-corrected chi connectivity index (χ1v) is 10.1. The van der Waals surface area contributed by atoms with Crippen molar-refractivity contribution in [3.63, 3.8) is 0 Å². The third-order valence-corrected chi connectivity index (χ3v) is 5.23. The molecule has 8 nitrogen and oxygen atoms in total. The Balaban J connectivity index is 1.45. The first kappa shape index (κ1) is 20.5. The number of rotatable bonds is 8.